The highest BCUT2D eigenvalue weighted by molar-refractivity contribution is 7.53. The predicted octanol–water partition coefficient (Wildman–Crippen LogP) is 3.66. The Morgan fingerprint density at radius 3 is 2.45 bits per heavy atom. The highest BCUT2D eigenvalue weighted by Crippen LogP contribution is 2.48. The van der Waals surface area contributed by atoms with Crippen LogP contribution in [0.2, 0.25) is 0 Å². The molecule has 0 aliphatic carbocycles. The molecule has 0 amide bonds. The Balaban J connectivity index is 2.07. The first-order valence-corrected chi connectivity index (χ1v) is 9.07. The molecule has 0 aromatic heterocycles. The Kier molecular flexibility index (Phi) is 5.79. The summed E-state index contributed by atoms with van der Waals surface area (Å²) < 4.78 is 23.4. The summed E-state index contributed by atoms with van der Waals surface area (Å²) in [6.07, 6.45) is 2.54. The van der Waals surface area contributed by atoms with Crippen LogP contribution in [0.4, 0.5) is 0 Å². The molecule has 20 heavy (non-hydrogen) atoms. The molecule has 0 radical (unpaired) electrons. The number of rotatable bonds is 6. The Morgan fingerprint density at radius 1 is 1.15 bits per heavy atom. The zero-order chi connectivity index (χ0) is 14.4. The highest BCUT2D eigenvalue weighted by atomic mass is 31.2. The minimum atomic E-state index is -2.99. The van der Waals surface area contributed by atoms with E-state index in [2.05, 4.69) is 29.2 Å². The molecule has 1 heterocycles. The van der Waals surface area contributed by atoms with Gasteiger partial charge in [0.1, 0.15) is 6.29 Å². The third kappa shape index (κ3) is 4.16. The van der Waals surface area contributed by atoms with E-state index >= 15 is 0 Å². The average molecular weight is 297 g/mol. The Morgan fingerprint density at radius 2 is 1.80 bits per heavy atom. The first-order chi connectivity index (χ1) is 9.67. The van der Waals surface area contributed by atoms with Crippen LogP contribution in [0.25, 0.3) is 0 Å². The van der Waals surface area contributed by atoms with Crippen LogP contribution in [0.1, 0.15) is 31.4 Å². The van der Waals surface area contributed by atoms with Crippen LogP contribution in [0.3, 0.4) is 0 Å². The van der Waals surface area contributed by atoms with Crippen LogP contribution in [-0.2, 0) is 26.6 Å². The zero-order valence-electron chi connectivity index (χ0n) is 12.4. The van der Waals surface area contributed by atoms with E-state index in [1.54, 1.807) is 0 Å². The van der Waals surface area contributed by atoms with Crippen molar-refractivity contribution in [1.29, 1.82) is 0 Å². The molecule has 0 bridgehead atoms. The topological polar surface area (TPSA) is 38.8 Å². The van der Waals surface area contributed by atoms with Crippen molar-refractivity contribution in [2.75, 3.05) is 26.0 Å². The Bertz CT molecular complexity index is 468. The molecule has 0 N–H and O–H groups in total. The molecule has 1 aromatic carbocycles. The molecule has 112 valence electrons. The summed E-state index contributed by atoms with van der Waals surface area (Å²) in [5.41, 5.74) is 2.72. The smallest absolute Gasteiger partial charge is 0.308 e. The van der Waals surface area contributed by atoms with E-state index in [4.69, 9.17) is 9.05 Å². The summed E-state index contributed by atoms with van der Waals surface area (Å²) in [7, 11) is -2.99. The van der Waals surface area contributed by atoms with Crippen LogP contribution in [0.5, 0.6) is 0 Å². The molecule has 4 nitrogen and oxygen atoms in total. The maximum atomic E-state index is 12.6. The molecule has 1 aromatic rings. The Hall–Kier alpha value is -0.670. The van der Waals surface area contributed by atoms with Crippen LogP contribution < -0.4 is 0 Å². The zero-order valence-corrected chi connectivity index (χ0v) is 13.3. The molecule has 1 aliphatic rings. The lowest BCUT2D eigenvalue weighted by molar-refractivity contribution is 0.194. The van der Waals surface area contributed by atoms with Crippen LogP contribution in [0.15, 0.2) is 24.3 Å². The van der Waals surface area contributed by atoms with Gasteiger partial charge < -0.3 is 9.05 Å². The van der Waals surface area contributed by atoms with Gasteiger partial charge in [-0.3, -0.25) is 9.46 Å². The van der Waals surface area contributed by atoms with Crippen molar-refractivity contribution in [3.8, 4) is 0 Å². The summed E-state index contributed by atoms with van der Waals surface area (Å²) in [5, 5.41) is 0. The van der Waals surface area contributed by atoms with E-state index in [1.165, 1.54) is 11.1 Å². The molecule has 2 rings (SSSR count). The second-order valence-electron chi connectivity index (χ2n) is 5.01. The molecular weight excluding hydrogens is 273 g/mol. The SMILES string of the molecule is CCOP(=O)(CN1CCCc2ccccc2C1)OCC. The second-order valence-corrected chi connectivity index (χ2v) is 7.03. The van der Waals surface area contributed by atoms with E-state index in [1.807, 2.05) is 13.8 Å². The maximum absolute atomic E-state index is 12.6. The summed E-state index contributed by atoms with van der Waals surface area (Å²) in [6.45, 7) is 6.29. The van der Waals surface area contributed by atoms with E-state index in [9.17, 15) is 4.57 Å². The van der Waals surface area contributed by atoms with E-state index in [0.29, 0.717) is 19.5 Å². The lowest BCUT2D eigenvalue weighted by Gasteiger charge is -2.25. The third-order valence-corrected chi connectivity index (χ3v) is 5.51. The van der Waals surface area contributed by atoms with Crippen molar-refractivity contribution in [3.63, 3.8) is 0 Å². The maximum Gasteiger partial charge on any atom is 0.344 e. The lowest BCUT2D eigenvalue weighted by Crippen LogP contribution is -2.25. The molecule has 5 heteroatoms. The standard InChI is InChI=1S/C15H24NO3P/c1-3-18-20(17,19-4-2)13-16-11-7-10-14-8-5-6-9-15(14)12-16/h5-6,8-9H,3-4,7,10-13H2,1-2H3. The molecule has 0 spiro atoms. The minimum Gasteiger partial charge on any atom is -0.308 e. The van der Waals surface area contributed by atoms with Gasteiger partial charge in [-0.15, -0.1) is 0 Å². The van der Waals surface area contributed by atoms with Crippen molar-refractivity contribution in [1.82, 2.24) is 4.90 Å². The van der Waals surface area contributed by atoms with Crippen molar-refractivity contribution < 1.29 is 13.6 Å². The molecule has 0 unspecified atom stereocenters. The van der Waals surface area contributed by atoms with Gasteiger partial charge in [0.05, 0.1) is 13.2 Å². The van der Waals surface area contributed by atoms with Crippen molar-refractivity contribution in [2.24, 2.45) is 0 Å². The van der Waals surface area contributed by atoms with E-state index in [-0.39, 0.29) is 0 Å². The van der Waals surface area contributed by atoms with Crippen molar-refractivity contribution in [3.05, 3.63) is 35.4 Å². The fraction of sp³-hybridized carbons (Fsp3) is 0.600. The molecule has 0 fully saturated rings. The number of fused-ring (bicyclic) bond motifs is 1. The van der Waals surface area contributed by atoms with Crippen molar-refractivity contribution in [2.45, 2.75) is 33.2 Å². The van der Waals surface area contributed by atoms with Gasteiger partial charge in [0.2, 0.25) is 0 Å². The van der Waals surface area contributed by atoms with Crippen LogP contribution in [-0.4, -0.2) is 30.9 Å². The number of hydrogen-bond acceptors (Lipinski definition) is 4. The van der Waals surface area contributed by atoms with Gasteiger partial charge in [-0.25, -0.2) is 0 Å². The summed E-state index contributed by atoms with van der Waals surface area (Å²) in [5.74, 6) is 0. The lowest BCUT2D eigenvalue weighted by atomic mass is 10.0. The average Bonchev–Trinajstić information content (AvgIpc) is 2.60. The largest absolute Gasteiger partial charge is 0.344 e. The van der Waals surface area contributed by atoms with E-state index < -0.39 is 7.60 Å². The van der Waals surface area contributed by atoms with Crippen LogP contribution in [0, 0.1) is 0 Å². The molecule has 0 atom stereocenters. The molecule has 1 aliphatic heterocycles. The quantitative estimate of drug-likeness (QED) is 0.751. The fourth-order valence-corrected chi connectivity index (χ4v) is 4.40. The van der Waals surface area contributed by atoms with Gasteiger partial charge in [0.15, 0.2) is 0 Å². The molecule has 0 saturated heterocycles. The normalized spacial score (nSPS) is 16.7. The van der Waals surface area contributed by atoms with Gasteiger partial charge in [-0.05, 0) is 44.4 Å². The molecule has 0 saturated carbocycles. The monoisotopic (exact) mass is 297 g/mol. The summed E-state index contributed by atoms with van der Waals surface area (Å²) in [6, 6.07) is 8.48. The summed E-state index contributed by atoms with van der Waals surface area (Å²) >= 11 is 0. The van der Waals surface area contributed by atoms with Gasteiger partial charge in [0.25, 0.3) is 0 Å². The number of aryl methyl sites for hydroxylation is 1. The Labute approximate surface area is 121 Å². The van der Waals surface area contributed by atoms with Gasteiger partial charge in [-0.1, -0.05) is 24.3 Å². The third-order valence-electron chi connectivity index (χ3n) is 3.46. The van der Waals surface area contributed by atoms with Gasteiger partial charge >= 0.3 is 7.60 Å². The second kappa shape index (κ2) is 7.37. The van der Waals surface area contributed by atoms with Crippen LogP contribution >= 0.6 is 7.60 Å². The number of benzene rings is 1. The van der Waals surface area contributed by atoms with Crippen molar-refractivity contribution >= 4 is 7.60 Å². The first kappa shape index (κ1) is 15.7. The summed E-state index contributed by atoms with van der Waals surface area (Å²) in [4.78, 5) is 2.19. The predicted molar refractivity (Wildman–Crippen MR) is 80.9 cm³/mol. The van der Waals surface area contributed by atoms with Gasteiger partial charge in [0, 0.05) is 6.54 Å². The number of hydrogen-bond donors (Lipinski definition) is 0. The van der Waals surface area contributed by atoms with E-state index in [0.717, 1.165) is 25.9 Å². The highest BCUT2D eigenvalue weighted by Gasteiger charge is 2.28. The first-order valence-electron chi connectivity index (χ1n) is 7.34. The minimum absolute atomic E-state index is 0.378. The van der Waals surface area contributed by atoms with Gasteiger partial charge in [-0.2, -0.15) is 0 Å². The molecular formula is C15H24NO3P. The number of nitrogens with zero attached hydrogens (tertiary/aromatic N) is 1. The fourth-order valence-electron chi connectivity index (χ4n) is 2.65.